The fraction of sp³-hybridized carbons (Fsp3) is 0.143. The van der Waals surface area contributed by atoms with Gasteiger partial charge >= 0.3 is 5.97 Å². The molecule has 0 bridgehead atoms. The van der Waals surface area contributed by atoms with E-state index in [4.69, 9.17) is 23.2 Å². The van der Waals surface area contributed by atoms with Crippen LogP contribution < -0.4 is 5.30 Å². The zero-order chi connectivity index (χ0) is 10.0. The summed E-state index contributed by atoms with van der Waals surface area (Å²) in [6, 6.07) is 0. The van der Waals surface area contributed by atoms with E-state index in [-0.39, 0.29) is 15.7 Å². The number of hydrogen-bond donors (Lipinski definition) is 0. The van der Waals surface area contributed by atoms with Gasteiger partial charge in [-0.3, -0.25) is 0 Å². The number of methoxy groups -OCH3 is 1. The predicted octanol–water partition coefficient (Wildman–Crippen LogP) is 1.68. The first kappa shape index (κ1) is 10.7. The predicted molar refractivity (Wildman–Crippen MR) is 54.9 cm³/mol. The molecule has 1 unspecified atom stereocenters. The average molecular weight is 238 g/mol. The van der Waals surface area contributed by atoms with Crippen LogP contribution in [0.4, 0.5) is 0 Å². The van der Waals surface area contributed by atoms with Crippen LogP contribution >= 0.6 is 32.4 Å². The van der Waals surface area contributed by atoms with Crippen LogP contribution in [0.2, 0.25) is 10.2 Å². The maximum Gasteiger partial charge on any atom is 0.340 e. The van der Waals surface area contributed by atoms with E-state index in [1.54, 1.807) is 0 Å². The Morgan fingerprint density at radius 3 is 2.77 bits per heavy atom. The number of rotatable bonds is 1. The van der Waals surface area contributed by atoms with Gasteiger partial charge in [0.15, 0.2) is 0 Å². The van der Waals surface area contributed by atoms with Crippen LogP contribution in [0.5, 0.6) is 0 Å². The first-order chi connectivity index (χ1) is 6.07. The number of aromatic nitrogens is 1. The first-order valence-corrected chi connectivity index (χ1v) is 4.59. The molecule has 1 aromatic heterocycles. The molecule has 13 heavy (non-hydrogen) atoms. The van der Waals surface area contributed by atoms with Gasteiger partial charge in [0, 0.05) is 11.5 Å². The summed E-state index contributed by atoms with van der Waals surface area (Å²) in [7, 11) is 3.58. The molecule has 6 heteroatoms. The molecular formula is C7H6Cl2NO2P. The van der Waals surface area contributed by atoms with E-state index in [1.807, 2.05) is 0 Å². The molecule has 3 nitrogen and oxygen atoms in total. The van der Waals surface area contributed by atoms with Crippen molar-refractivity contribution in [2.75, 3.05) is 7.11 Å². The summed E-state index contributed by atoms with van der Waals surface area (Å²) < 4.78 is 4.50. The lowest BCUT2D eigenvalue weighted by molar-refractivity contribution is 0.0600. The summed E-state index contributed by atoms with van der Waals surface area (Å²) in [4.78, 5) is 14.9. The Labute approximate surface area is 87.6 Å². The van der Waals surface area contributed by atoms with Gasteiger partial charge in [0.2, 0.25) is 0 Å². The van der Waals surface area contributed by atoms with E-state index < -0.39 is 5.97 Å². The van der Waals surface area contributed by atoms with Crippen LogP contribution in [0.25, 0.3) is 0 Å². The molecule has 1 aromatic rings. The number of pyridine rings is 1. The van der Waals surface area contributed by atoms with Crippen molar-refractivity contribution in [2.45, 2.75) is 0 Å². The summed E-state index contributed by atoms with van der Waals surface area (Å²) in [5.74, 6) is -0.530. The standard InChI is InChI=1S/C7H6Cl2NO2P/c1-12-7(11)3-2-10-6(9)5(13)4(3)8/h2H,13H2,1H3. The zero-order valence-electron chi connectivity index (χ0n) is 6.67. The van der Waals surface area contributed by atoms with Crippen LogP contribution in [-0.4, -0.2) is 18.1 Å². The third-order valence-electron chi connectivity index (χ3n) is 1.41. The van der Waals surface area contributed by atoms with Crippen molar-refractivity contribution < 1.29 is 9.53 Å². The van der Waals surface area contributed by atoms with E-state index in [2.05, 4.69) is 19.0 Å². The zero-order valence-corrected chi connectivity index (χ0v) is 9.34. The molecule has 1 atom stereocenters. The van der Waals surface area contributed by atoms with E-state index >= 15 is 0 Å². The SMILES string of the molecule is COC(=O)c1cnc(Cl)c(P)c1Cl. The summed E-state index contributed by atoms with van der Waals surface area (Å²) >= 11 is 11.5. The molecule has 0 aliphatic rings. The molecule has 0 fully saturated rings. The van der Waals surface area contributed by atoms with Crippen molar-refractivity contribution in [2.24, 2.45) is 0 Å². The summed E-state index contributed by atoms with van der Waals surface area (Å²) in [6.07, 6.45) is 1.28. The molecule has 0 spiro atoms. The van der Waals surface area contributed by atoms with Crippen LogP contribution in [0.1, 0.15) is 10.4 Å². The fourth-order valence-corrected chi connectivity index (χ4v) is 1.37. The second kappa shape index (κ2) is 4.23. The highest BCUT2D eigenvalue weighted by atomic mass is 35.5. The minimum Gasteiger partial charge on any atom is -0.465 e. The number of nitrogens with zero attached hydrogens (tertiary/aromatic N) is 1. The van der Waals surface area contributed by atoms with E-state index in [9.17, 15) is 4.79 Å². The second-order valence-corrected chi connectivity index (χ2v) is 3.50. The molecule has 0 aromatic carbocycles. The van der Waals surface area contributed by atoms with Gasteiger partial charge < -0.3 is 4.74 Å². The highest BCUT2D eigenvalue weighted by Crippen LogP contribution is 2.19. The van der Waals surface area contributed by atoms with Gasteiger partial charge in [0.05, 0.1) is 17.7 Å². The lowest BCUT2D eigenvalue weighted by Crippen LogP contribution is -2.09. The molecule has 0 saturated carbocycles. The van der Waals surface area contributed by atoms with Gasteiger partial charge in [-0.2, -0.15) is 0 Å². The Morgan fingerprint density at radius 2 is 2.23 bits per heavy atom. The number of carbonyl (C=O) groups excluding carboxylic acids is 1. The lowest BCUT2D eigenvalue weighted by atomic mass is 10.3. The Bertz CT molecular complexity index is 357. The fourth-order valence-electron chi connectivity index (χ4n) is 0.735. The molecule has 0 saturated heterocycles. The normalized spacial score (nSPS) is 9.85. The molecular weight excluding hydrogens is 232 g/mol. The Balaban J connectivity index is 3.26. The van der Waals surface area contributed by atoms with Crippen LogP contribution in [0, 0.1) is 0 Å². The minimum absolute atomic E-state index is 0.207. The maximum absolute atomic E-state index is 11.1. The molecule has 70 valence electrons. The molecule has 0 radical (unpaired) electrons. The number of carbonyl (C=O) groups is 1. The lowest BCUT2D eigenvalue weighted by Gasteiger charge is -2.04. The number of esters is 1. The smallest absolute Gasteiger partial charge is 0.340 e. The van der Waals surface area contributed by atoms with Crippen molar-refractivity contribution >= 4 is 43.7 Å². The van der Waals surface area contributed by atoms with Crippen molar-refractivity contribution in [1.29, 1.82) is 0 Å². The Hall–Kier alpha value is -0.370. The Kier molecular flexibility index (Phi) is 3.48. The average Bonchev–Trinajstić information content (AvgIpc) is 2.13. The van der Waals surface area contributed by atoms with Crippen molar-refractivity contribution in [3.63, 3.8) is 0 Å². The van der Waals surface area contributed by atoms with Crippen molar-refractivity contribution in [3.05, 3.63) is 21.9 Å². The van der Waals surface area contributed by atoms with Gasteiger partial charge in [-0.25, -0.2) is 9.78 Å². The maximum atomic E-state index is 11.1. The minimum atomic E-state index is -0.530. The van der Waals surface area contributed by atoms with E-state index in [0.29, 0.717) is 5.30 Å². The third-order valence-corrected chi connectivity index (χ3v) is 3.04. The van der Waals surface area contributed by atoms with Gasteiger partial charge in [-0.1, -0.05) is 23.2 Å². The first-order valence-electron chi connectivity index (χ1n) is 3.25. The van der Waals surface area contributed by atoms with Gasteiger partial charge in [-0.05, 0) is 0 Å². The summed E-state index contributed by atoms with van der Waals surface area (Å²) in [6.45, 7) is 0. The van der Waals surface area contributed by atoms with Gasteiger partial charge in [-0.15, -0.1) is 9.24 Å². The monoisotopic (exact) mass is 237 g/mol. The molecule has 1 rings (SSSR count). The van der Waals surface area contributed by atoms with Gasteiger partial charge in [0.25, 0.3) is 0 Å². The number of halogens is 2. The third kappa shape index (κ3) is 2.11. The number of hydrogen-bond acceptors (Lipinski definition) is 3. The molecule has 0 N–H and O–H groups in total. The summed E-state index contributed by atoms with van der Waals surface area (Å²) in [5, 5.41) is 0.991. The van der Waals surface area contributed by atoms with E-state index in [1.165, 1.54) is 13.3 Å². The summed E-state index contributed by atoms with van der Waals surface area (Å²) in [5.41, 5.74) is 0.207. The van der Waals surface area contributed by atoms with Crippen LogP contribution in [-0.2, 0) is 4.74 Å². The van der Waals surface area contributed by atoms with Gasteiger partial charge in [0.1, 0.15) is 5.15 Å². The largest absolute Gasteiger partial charge is 0.465 e. The quantitative estimate of drug-likeness (QED) is 0.424. The highest BCUT2D eigenvalue weighted by molar-refractivity contribution is 7.28. The molecule has 0 amide bonds. The number of ether oxygens (including phenoxy) is 1. The van der Waals surface area contributed by atoms with Crippen molar-refractivity contribution in [1.82, 2.24) is 4.98 Å². The highest BCUT2D eigenvalue weighted by Gasteiger charge is 2.14. The molecule has 0 aliphatic carbocycles. The Morgan fingerprint density at radius 1 is 1.62 bits per heavy atom. The van der Waals surface area contributed by atoms with Crippen LogP contribution in [0.15, 0.2) is 6.20 Å². The van der Waals surface area contributed by atoms with Crippen molar-refractivity contribution in [3.8, 4) is 0 Å². The topological polar surface area (TPSA) is 39.2 Å². The second-order valence-electron chi connectivity index (χ2n) is 2.18. The van der Waals surface area contributed by atoms with E-state index in [0.717, 1.165) is 0 Å². The molecule has 0 aliphatic heterocycles. The molecule has 1 heterocycles. The van der Waals surface area contributed by atoms with Crippen LogP contribution in [0.3, 0.4) is 0 Å².